The van der Waals surface area contributed by atoms with E-state index in [1.165, 1.54) is 12.1 Å². The van der Waals surface area contributed by atoms with Gasteiger partial charge in [0.1, 0.15) is 5.75 Å². The van der Waals surface area contributed by atoms with Gasteiger partial charge in [-0.2, -0.15) is 0 Å². The SMILES string of the molecule is C[C@@H](c1ccc(S(N)(=O)=O)cc1)N(C)CC(=O)Nc1ccccc1Oc1ccccc1. The largest absolute Gasteiger partial charge is 0.455 e. The van der Waals surface area contributed by atoms with E-state index in [1.54, 1.807) is 24.3 Å². The Balaban J connectivity index is 1.64. The van der Waals surface area contributed by atoms with Gasteiger partial charge in [-0.15, -0.1) is 0 Å². The molecule has 0 radical (unpaired) electrons. The predicted molar refractivity (Wildman–Crippen MR) is 120 cm³/mol. The van der Waals surface area contributed by atoms with Crippen molar-refractivity contribution in [2.75, 3.05) is 18.9 Å². The molecule has 0 aliphatic heterocycles. The van der Waals surface area contributed by atoms with Crippen molar-refractivity contribution in [3.05, 3.63) is 84.4 Å². The Kier molecular flexibility index (Phi) is 7.06. The van der Waals surface area contributed by atoms with Crippen LogP contribution >= 0.6 is 0 Å². The molecule has 1 atom stereocenters. The number of hydrogen-bond donors (Lipinski definition) is 2. The molecule has 0 saturated heterocycles. The number of anilines is 1. The molecule has 0 spiro atoms. The highest BCUT2D eigenvalue weighted by Crippen LogP contribution is 2.29. The zero-order valence-electron chi connectivity index (χ0n) is 17.4. The lowest BCUT2D eigenvalue weighted by Crippen LogP contribution is -2.32. The number of ether oxygens (including phenoxy) is 1. The van der Waals surface area contributed by atoms with Gasteiger partial charge in [0, 0.05) is 6.04 Å². The van der Waals surface area contributed by atoms with E-state index < -0.39 is 10.0 Å². The van der Waals surface area contributed by atoms with Crippen LogP contribution in [-0.4, -0.2) is 32.8 Å². The molecule has 0 aromatic heterocycles. The lowest BCUT2D eigenvalue weighted by molar-refractivity contribution is -0.117. The van der Waals surface area contributed by atoms with E-state index in [0.717, 1.165) is 5.56 Å². The Labute approximate surface area is 182 Å². The van der Waals surface area contributed by atoms with Gasteiger partial charge in [0.05, 0.1) is 17.1 Å². The van der Waals surface area contributed by atoms with Gasteiger partial charge < -0.3 is 10.1 Å². The summed E-state index contributed by atoms with van der Waals surface area (Å²) in [6.07, 6.45) is 0. The van der Waals surface area contributed by atoms with Crippen LogP contribution in [0.3, 0.4) is 0 Å². The highest BCUT2D eigenvalue weighted by atomic mass is 32.2. The highest BCUT2D eigenvalue weighted by Gasteiger charge is 2.17. The van der Waals surface area contributed by atoms with Gasteiger partial charge in [0.15, 0.2) is 5.75 Å². The average Bonchev–Trinajstić information content (AvgIpc) is 2.74. The van der Waals surface area contributed by atoms with Gasteiger partial charge in [-0.3, -0.25) is 9.69 Å². The lowest BCUT2D eigenvalue weighted by atomic mass is 10.1. The molecule has 3 rings (SSSR count). The van der Waals surface area contributed by atoms with Crippen molar-refractivity contribution in [2.45, 2.75) is 17.9 Å². The number of nitrogens with zero attached hydrogens (tertiary/aromatic N) is 1. The molecule has 162 valence electrons. The van der Waals surface area contributed by atoms with Crippen LogP contribution in [-0.2, 0) is 14.8 Å². The molecule has 0 bridgehead atoms. The Morgan fingerprint density at radius 2 is 1.61 bits per heavy atom. The molecular weight excluding hydrogens is 414 g/mol. The van der Waals surface area contributed by atoms with Crippen LogP contribution in [0, 0.1) is 0 Å². The van der Waals surface area contributed by atoms with Gasteiger partial charge in [0.2, 0.25) is 15.9 Å². The second-order valence-corrected chi connectivity index (χ2v) is 8.73. The highest BCUT2D eigenvalue weighted by molar-refractivity contribution is 7.89. The maximum Gasteiger partial charge on any atom is 0.238 e. The molecule has 0 saturated carbocycles. The van der Waals surface area contributed by atoms with E-state index >= 15 is 0 Å². The summed E-state index contributed by atoms with van der Waals surface area (Å²) < 4.78 is 28.7. The number of rotatable bonds is 8. The smallest absolute Gasteiger partial charge is 0.238 e. The first-order valence-electron chi connectivity index (χ1n) is 9.69. The number of amides is 1. The number of hydrogen-bond acceptors (Lipinski definition) is 5. The summed E-state index contributed by atoms with van der Waals surface area (Å²) in [5.74, 6) is 1.04. The quantitative estimate of drug-likeness (QED) is 0.556. The summed E-state index contributed by atoms with van der Waals surface area (Å²) in [7, 11) is -1.91. The van der Waals surface area contributed by atoms with Crippen LogP contribution in [0.2, 0.25) is 0 Å². The van der Waals surface area contributed by atoms with Crippen molar-refractivity contribution in [3.8, 4) is 11.5 Å². The van der Waals surface area contributed by atoms with Crippen molar-refractivity contribution in [3.63, 3.8) is 0 Å². The monoisotopic (exact) mass is 439 g/mol. The number of likely N-dealkylation sites (N-methyl/N-ethyl adjacent to an activating group) is 1. The minimum absolute atomic E-state index is 0.0545. The maximum atomic E-state index is 12.6. The van der Waals surface area contributed by atoms with Crippen LogP contribution in [0.1, 0.15) is 18.5 Å². The summed E-state index contributed by atoms with van der Waals surface area (Å²) in [5, 5.41) is 8.04. The fourth-order valence-electron chi connectivity index (χ4n) is 3.02. The summed E-state index contributed by atoms with van der Waals surface area (Å²) in [6, 6.07) is 22.8. The number of nitrogens with one attached hydrogen (secondary N) is 1. The zero-order chi connectivity index (χ0) is 22.4. The van der Waals surface area contributed by atoms with Crippen LogP contribution in [0.25, 0.3) is 0 Å². The summed E-state index contributed by atoms with van der Waals surface area (Å²) >= 11 is 0. The normalized spacial score (nSPS) is 12.4. The van der Waals surface area contributed by atoms with E-state index in [1.807, 2.05) is 61.3 Å². The summed E-state index contributed by atoms with van der Waals surface area (Å²) in [4.78, 5) is 14.6. The van der Waals surface area contributed by atoms with Crippen LogP contribution < -0.4 is 15.2 Å². The number of nitrogens with two attached hydrogens (primary N) is 1. The number of carbonyl (C=O) groups is 1. The second-order valence-electron chi connectivity index (χ2n) is 7.16. The number of benzene rings is 3. The molecule has 0 aliphatic rings. The molecule has 3 aromatic carbocycles. The third-order valence-corrected chi connectivity index (χ3v) is 5.81. The van der Waals surface area contributed by atoms with Gasteiger partial charge in [-0.1, -0.05) is 42.5 Å². The second kappa shape index (κ2) is 9.74. The Morgan fingerprint density at radius 1 is 1.00 bits per heavy atom. The lowest BCUT2D eigenvalue weighted by Gasteiger charge is -2.25. The van der Waals surface area contributed by atoms with Crippen molar-refractivity contribution in [1.29, 1.82) is 0 Å². The van der Waals surface area contributed by atoms with Gasteiger partial charge in [0.25, 0.3) is 0 Å². The molecule has 0 heterocycles. The predicted octanol–water partition coefficient (Wildman–Crippen LogP) is 3.76. The average molecular weight is 440 g/mol. The van der Waals surface area contributed by atoms with Crippen LogP contribution in [0.5, 0.6) is 11.5 Å². The molecule has 0 unspecified atom stereocenters. The Hall–Kier alpha value is -3.20. The topological polar surface area (TPSA) is 102 Å². The van der Waals surface area contributed by atoms with Crippen molar-refractivity contribution in [1.82, 2.24) is 4.90 Å². The molecular formula is C23H25N3O4S. The first kappa shape index (κ1) is 22.5. The van der Waals surface area contributed by atoms with Crippen molar-refractivity contribution in [2.24, 2.45) is 5.14 Å². The fourth-order valence-corrected chi connectivity index (χ4v) is 3.53. The number of carbonyl (C=O) groups excluding carboxylic acids is 1. The third-order valence-electron chi connectivity index (χ3n) is 4.88. The van der Waals surface area contributed by atoms with Crippen molar-refractivity contribution < 1.29 is 17.9 Å². The van der Waals surface area contributed by atoms with Crippen LogP contribution in [0.15, 0.2) is 83.8 Å². The van der Waals surface area contributed by atoms with Gasteiger partial charge >= 0.3 is 0 Å². The van der Waals surface area contributed by atoms with Crippen molar-refractivity contribution >= 4 is 21.6 Å². The van der Waals surface area contributed by atoms with Gasteiger partial charge in [-0.25, -0.2) is 13.6 Å². The standard InChI is InChI=1S/C23H25N3O4S/c1-17(18-12-14-20(15-13-18)31(24,28)29)26(2)16-23(27)25-21-10-6-7-11-22(21)30-19-8-4-3-5-9-19/h3-15,17H,16H2,1-2H3,(H,25,27)(H2,24,28,29)/t17-/m0/s1. The van der Waals surface area contributed by atoms with E-state index in [9.17, 15) is 13.2 Å². The zero-order valence-corrected chi connectivity index (χ0v) is 18.2. The van der Waals surface area contributed by atoms with Gasteiger partial charge in [-0.05, 0) is 55.9 Å². The molecule has 0 aliphatic carbocycles. The fraction of sp³-hybridized carbons (Fsp3) is 0.174. The minimum Gasteiger partial charge on any atom is -0.455 e. The first-order valence-corrected chi connectivity index (χ1v) is 11.2. The Bertz CT molecular complexity index is 1130. The minimum atomic E-state index is -3.74. The Morgan fingerprint density at radius 3 is 2.26 bits per heavy atom. The molecule has 3 aromatic rings. The third kappa shape index (κ3) is 6.14. The number of primary sulfonamides is 1. The molecule has 8 heteroatoms. The molecule has 7 nitrogen and oxygen atoms in total. The molecule has 0 fully saturated rings. The summed E-state index contributed by atoms with van der Waals surface area (Å²) in [5.41, 5.74) is 1.45. The van der Waals surface area contributed by atoms with Crippen LogP contribution in [0.4, 0.5) is 5.69 Å². The molecule has 1 amide bonds. The summed E-state index contributed by atoms with van der Waals surface area (Å²) in [6.45, 7) is 2.07. The van der Waals surface area contributed by atoms with E-state index in [-0.39, 0.29) is 23.4 Å². The number of para-hydroxylation sites is 3. The molecule has 31 heavy (non-hydrogen) atoms. The first-order chi connectivity index (χ1) is 14.7. The maximum absolute atomic E-state index is 12.6. The van der Waals surface area contributed by atoms with E-state index in [0.29, 0.717) is 17.2 Å². The van der Waals surface area contributed by atoms with E-state index in [2.05, 4.69) is 5.32 Å². The van der Waals surface area contributed by atoms with E-state index in [4.69, 9.17) is 9.88 Å². The number of sulfonamides is 1. The molecule has 3 N–H and O–H groups in total.